The molecule has 1 saturated heterocycles. The Bertz CT molecular complexity index is 889. The maximum absolute atomic E-state index is 12.9. The van der Waals surface area contributed by atoms with Crippen LogP contribution in [0.2, 0.25) is 0 Å². The van der Waals surface area contributed by atoms with Crippen LogP contribution in [-0.2, 0) is 28.9 Å². The quantitative estimate of drug-likeness (QED) is 0.847. The van der Waals surface area contributed by atoms with Crippen LogP contribution in [0.25, 0.3) is 0 Å². The fourth-order valence-corrected chi connectivity index (χ4v) is 4.11. The van der Waals surface area contributed by atoms with Crippen LogP contribution in [0, 0.1) is 5.82 Å². The summed E-state index contributed by atoms with van der Waals surface area (Å²) in [6, 6.07) is 12.2. The number of rotatable bonds is 5. The zero-order chi connectivity index (χ0) is 20.2. The number of benzene rings is 2. The van der Waals surface area contributed by atoms with Gasteiger partial charge in [0.15, 0.2) is 0 Å². The summed E-state index contributed by atoms with van der Waals surface area (Å²) in [4.78, 5) is 28.8. The number of hydrogen-bond donors (Lipinski definition) is 1. The van der Waals surface area contributed by atoms with E-state index < -0.39 is 0 Å². The third-order valence-corrected chi connectivity index (χ3v) is 5.74. The van der Waals surface area contributed by atoms with Gasteiger partial charge in [-0.05, 0) is 60.2 Å². The molecule has 0 unspecified atom stereocenters. The SMILES string of the molecule is O=C(CN1CCN(C(=O)Cc2ccc3c(c2)CCC3)CC1)Nc1ccc(F)cc1. The molecule has 0 atom stereocenters. The van der Waals surface area contributed by atoms with Gasteiger partial charge in [0.1, 0.15) is 5.82 Å². The predicted octanol–water partition coefficient (Wildman–Crippen LogP) is 2.64. The first-order chi connectivity index (χ1) is 14.1. The summed E-state index contributed by atoms with van der Waals surface area (Å²) < 4.78 is 12.9. The zero-order valence-corrected chi connectivity index (χ0v) is 16.5. The van der Waals surface area contributed by atoms with Crippen LogP contribution in [-0.4, -0.2) is 54.3 Å². The third kappa shape index (κ3) is 5.01. The Balaban J connectivity index is 1.23. The van der Waals surface area contributed by atoms with E-state index in [0.29, 0.717) is 38.3 Å². The fraction of sp³-hybridized carbons (Fsp3) is 0.391. The van der Waals surface area contributed by atoms with Crippen molar-refractivity contribution >= 4 is 17.5 Å². The lowest BCUT2D eigenvalue weighted by Crippen LogP contribution is -2.50. The molecule has 0 aromatic heterocycles. The van der Waals surface area contributed by atoms with E-state index in [9.17, 15) is 14.0 Å². The standard InChI is InChI=1S/C23H26FN3O2/c24-20-6-8-21(9-7-20)25-22(28)16-26-10-12-27(13-11-26)23(29)15-17-4-5-18-2-1-3-19(18)14-17/h4-9,14H,1-3,10-13,15-16H2,(H,25,28). The summed E-state index contributed by atoms with van der Waals surface area (Å²) in [7, 11) is 0. The Morgan fingerprint density at radius 1 is 0.931 bits per heavy atom. The number of carbonyl (C=O) groups is 2. The van der Waals surface area contributed by atoms with Crippen molar-refractivity contribution in [3.8, 4) is 0 Å². The van der Waals surface area contributed by atoms with E-state index in [0.717, 1.165) is 18.4 Å². The van der Waals surface area contributed by atoms with Gasteiger partial charge in [0.05, 0.1) is 13.0 Å². The minimum absolute atomic E-state index is 0.130. The molecule has 2 aromatic rings. The molecule has 1 fully saturated rings. The Labute approximate surface area is 170 Å². The molecule has 0 bridgehead atoms. The normalized spacial score (nSPS) is 16.5. The summed E-state index contributed by atoms with van der Waals surface area (Å²) in [5.41, 5.74) is 4.50. The highest BCUT2D eigenvalue weighted by Gasteiger charge is 2.23. The molecule has 0 spiro atoms. The van der Waals surface area contributed by atoms with Crippen LogP contribution in [0.3, 0.4) is 0 Å². The topological polar surface area (TPSA) is 52.7 Å². The molecule has 2 aliphatic rings. The summed E-state index contributed by atoms with van der Waals surface area (Å²) >= 11 is 0. The molecule has 4 rings (SSSR count). The van der Waals surface area contributed by atoms with Gasteiger partial charge in [-0.15, -0.1) is 0 Å². The van der Waals surface area contributed by atoms with E-state index in [1.54, 1.807) is 12.1 Å². The maximum Gasteiger partial charge on any atom is 0.238 e. The van der Waals surface area contributed by atoms with Gasteiger partial charge in [0, 0.05) is 31.9 Å². The molecule has 1 aliphatic heterocycles. The van der Waals surface area contributed by atoms with Crippen molar-refractivity contribution in [3.05, 3.63) is 65.0 Å². The summed E-state index contributed by atoms with van der Waals surface area (Å²) in [6.07, 6.45) is 3.93. The van der Waals surface area contributed by atoms with Crippen molar-refractivity contribution in [2.45, 2.75) is 25.7 Å². The van der Waals surface area contributed by atoms with Crippen LogP contribution >= 0.6 is 0 Å². The summed E-state index contributed by atoms with van der Waals surface area (Å²) in [5.74, 6) is -0.309. The smallest absolute Gasteiger partial charge is 0.238 e. The van der Waals surface area contributed by atoms with E-state index in [1.807, 2.05) is 9.80 Å². The predicted molar refractivity (Wildman–Crippen MR) is 110 cm³/mol. The van der Waals surface area contributed by atoms with Crippen molar-refractivity contribution < 1.29 is 14.0 Å². The van der Waals surface area contributed by atoms with E-state index in [-0.39, 0.29) is 24.2 Å². The lowest BCUT2D eigenvalue weighted by atomic mass is 10.0. The average Bonchev–Trinajstić information content (AvgIpc) is 3.18. The van der Waals surface area contributed by atoms with Gasteiger partial charge >= 0.3 is 0 Å². The summed E-state index contributed by atoms with van der Waals surface area (Å²) in [5, 5.41) is 2.78. The minimum Gasteiger partial charge on any atom is -0.340 e. The van der Waals surface area contributed by atoms with Gasteiger partial charge < -0.3 is 10.2 Å². The molecule has 1 heterocycles. The van der Waals surface area contributed by atoms with Crippen molar-refractivity contribution in [1.29, 1.82) is 0 Å². The number of aryl methyl sites for hydroxylation is 2. The Hall–Kier alpha value is -2.73. The Kier molecular flexibility index (Phi) is 5.90. The highest BCUT2D eigenvalue weighted by molar-refractivity contribution is 5.92. The minimum atomic E-state index is -0.330. The Morgan fingerprint density at radius 3 is 2.41 bits per heavy atom. The maximum atomic E-state index is 12.9. The second-order valence-electron chi connectivity index (χ2n) is 7.85. The lowest BCUT2D eigenvalue weighted by Gasteiger charge is -2.34. The second-order valence-corrected chi connectivity index (χ2v) is 7.85. The first-order valence-corrected chi connectivity index (χ1v) is 10.2. The highest BCUT2D eigenvalue weighted by atomic mass is 19.1. The van der Waals surface area contributed by atoms with Crippen LogP contribution in [0.4, 0.5) is 10.1 Å². The van der Waals surface area contributed by atoms with Crippen LogP contribution < -0.4 is 5.32 Å². The molecular formula is C23H26FN3O2. The van der Waals surface area contributed by atoms with Crippen LogP contribution in [0.5, 0.6) is 0 Å². The monoisotopic (exact) mass is 395 g/mol. The molecule has 2 aromatic carbocycles. The van der Waals surface area contributed by atoms with Crippen LogP contribution in [0.1, 0.15) is 23.1 Å². The van der Waals surface area contributed by atoms with Gasteiger partial charge in [-0.2, -0.15) is 0 Å². The van der Waals surface area contributed by atoms with Gasteiger partial charge in [-0.25, -0.2) is 4.39 Å². The molecule has 29 heavy (non-hydrogen) atoms. The number of piperazine rings is 1. The van der Waals surface area contributed by atoms with E-state index in [1.165, 1.54) is 29.7 Å². The van der Waals surface area contributed by atoms with E-state index in [2.05, 4.69) is 23.5 Å². The number of halogens is 1. The lowest BCUT2D eigenvalue weighted by molar-refractivity contribution is -0.132. The number of nitrogens with one attached hydrogen (secondary N) is 1. The Morgan fingerprint density at radius 2 is 1.66 bits per heavy atom. The molecule has 152 valence electrons. The number of amides is 2. The molecule has 2 amide bonds. The first kappa shape index (κ1) is 19.6. The van der Waals surface area contributed by atoms with Gasteiger partial charge in [-0.1, -0.05) is 18.2 Å². The second kappa shape index (κ2) is 8.74. The molecule has 6 heteroatoms. The fourth-order valence-electron chi connectivity index (χ4n) is 4.11. The largest absolute Gasteiger partial charge is 0.340 e. The average molecular weight is 395 g/mol. The molecule has 5 nitrogen and oxygen atoms in total. The van der Waals surface area contributed by atoms with Crippen LogP contribution in [0.15, 0.2) is 42.5 Å². The number of carbonyl (C=O) groups excluding carboxylic acids is 2. The highest BCUT2D eigenvalue weighted by Crippen LogP contribution is 2.23. The van der Waals surface area contributed by atoms with Crippen molar-refractivity contribution in [2.24, 2.45) is 0 Å². The molecule has 0 radical (unpaired) electrons. The molecule has 1 aliphatic carbocycles. The number of fused-ring (bicyclic) bond motifs is 1. The van der Waals surface area contributed by atoms with Gasteiger partial charge in [-0.3, -0.25) is 14.5 Å². The molecule has 0 saturated carbocycles. The number of nitrogens with zero attached hydrogens (tertiary/aromatic N) is 2. The zero-order valence-electron chi connectivity index (χ0n) is 16.5. The first-order valence-electron chi connectivity index (χ1n) is 10.2. The van der Waals surface area contributed by atoms with Gasteiger partial charge in [0.2, 0.25) is 11.8 Å². The van der Waals surface area contributed by atoms with E-state index in [4.69, 9.17) is 0 Å². The number of hydrogen-bond acceptors (Lipinski definition) is 3. The third-order valence-electron chi connectivity index (χ3n) is 5.74. The molecular weight excluding hydrogens is 369 g/mol. The van der Waals surface area contributed by atoms with Crippen molar-refractivity contribution in [2.75, 3.05) is 38.0 Å². The summed E-state index contributed by atoms with van der Waals surface area (Å²) in [6.45, 7) is 2.88. The number of anilines is 1. The van der Waals surface area contributed by atoms with Crippen molar-refractivity contribution in [3.63, 3.8) is 0 Å². The van der Waals surface area contributed by atoms with E-state index >= 15 is 0 Å². The molecule has 1 N–H and O–H groups in total. The van der Waals surface area contributed by atoms with Crippen molar-refractivity contribution in [1.82, 2.24) is 9.80 Å². The van der Waals surface area contributed by atoms with Gasteiger partial charge in [0.25, 0.3) is 0 Å².